The standard InChI is InChI=1S/C19H24FN3O9S/c1-8(24)21-14-16(31-11(4)27)15(30-10(3)26)13(7-29-9(2)25)32-18(14)23-6-12(20)17(28)22-19(23)33-5/h6,13-16,18H,7H2,1-5H3,(H,21,24)/t13-,14-,15-,16-,18-/m1/s1. The van der Waals surface area contributed by atoms with E-state index >= 15 is 0 Å². The summed E-state index contributed by atoms with van der Waals surface area (Å²) in [7, 11) is 0. The van der Waals surface area contributed by atoms with E-state index in [-0.39, 0.29) is 5.16 Å². The molecule has 1 aromatic heterocycles. The van der Waals surface area contributed by atoms with Crippen LogP contribution < -0.4 is 10.9 Å². The molecule has 0 saturated carbocycles. The number of rotatable bonds is 7. The minimum atomic E-state index is -1.33. The maximum atomic E-state index is 14.2. The second-order valence-electron chi connectivity index (χ2n) is 7.03. The molecule has 1 amide bonds. The lowest BCUT2D eigenvalue weighted by atomic mass is 9.95. The Bertz CT molecular complexity index is 986. The summed E-state index contributed by atoms with van der Waals surface area (Å²) < 4.78 is 37.0. The summed E-state index contributed by atoms with van der Waals surface area (Å²) in [6.45, 7) is 4.14. The zero-order valence-electron chi connectivity index (χ0n) is 18.5. The van der Waals surface area contributed by atoms with Gasteiger partial charge >= 0.3 is 23.5 Å². The van der Waals surface area contributed by atoms with Crippen molar-refractivity contribution in [3.63, 3.8) is 0 Å². The van der Waals surface area contributed by atoms with Crippen LogP contribution in [0.2, 0.25) is 0 Å². The molecular formula is C19H24FN3O9S. The smallest absolute Gasteiger partial charge is 0.309 e. The van der Waals surface area contributed by atoms with Crippen molar-refractivity contribution in [2.24, 2.45) is 0 Å². The topological polar surface area (TPSA) is 152 Å². The number of carbonyl (C=O) groups excluding carboxylic acids is 4. The van der Waals surface area contributed by atoms with E-state index in [2.05, 4.69) is 10.3 Å². The fraction of sp³-hybridized carbons (Fsp3) is 0.579. The fourth-order valence-corrected chi connectivity index (χ4v) is 3.85. The molecule has 0 spiro atoms. The van der Waals surface area contributed by atoms with Gasteiger partial charge in [0, 0.05) is 27.7 Å². The maximum Gasteiger partial charge on any atom is 0.309 e. The molecule has 1 aliphatic heterocycles. The van der Waals surface area contributed by atoms with Gasteiger partial charge in [0.1, 0.15) is 18.8 Å². The van der Waals surface area contributed by atoms with Crippen LogP contribution in [0.15, 0.2) is 16.1 Å². The number of ether oxygens (including phenoxy) is 4. The molecule has 1 aromatic rings. The van der Waals surface area contributed by atoms with E-state index < -0.39 is 72.4 Å². The van der Waals surface area contributed by atoms with E-state index in [0.717, 1.165) is 43.3 Å². The quantitative estimate of drug-likeness (QED) is 0.237. The molecular weight excluding hydrogens is 465 g/mol. The fourth-order valence-electron chi connectivity index (χ4n) is 3.31. The highest BCUT2D eigenvalue weighted by Crippen LogP contribution is 2.34. The van der Waals surface area contributed by atoms with Crippen LogP contribution in [0.3, 0.4) is 0 Å². The van der Waals surface area contributed by atoms with Gasteiger partial charge in [-0.3, -0.25) is 28.5 Å². The Morgan fingerprint density at radius 1 is 1.12 bits per heavy atom. The van der Waals surface area contributed by atoms with Crippen LogP contribution >= 0.6 is 11.8 Å². The summed E-state index contributed by atoms with van der Waals surface area (Å²) in [5.41, 5.74) is -1.10. The average molecular weight is 489 g/mol. The normalized spacial score (nSPS) is 24.5. The Labute approximate surface area is 192 Å². The number of aromatic nitrogens is 2. The van der Waals surface area contributed by atoms with Gasteiger partial charge in [0.05, 0.1) is 6.20 Å². The second kappa shape index (κ2) is 11.2. The number of halogens is 1. The summed E-state index contributed by atoms with van der Waals surface area (Å²) in [6.07, 6.45) is -2.69. The number of thioether (sulfide) groups is 1. The zero-order valence-corrected chi connectivity index (χ0v) is 19.3. The molecule has 1 fully saturated rings. The molecule has 0 radical (unpaired) electrons. The van der Waals surface area contributed by atoms with Crippen LogP contribution in [-0.4, -0.2) is 70.6 Å². The number of carbonyl (C=O) groups is 4. The van der Waals surface area contributed by atoms with Crippen LogP contribution in [0, 0.1) is 5.82 Å². The van der Waals surface area contributed by atoms with E-state index in [9.17, 15) is 28.4 Å². The molecule has 0 unspecified atom stereocenters. The van der Waals surface area contributed by atoms with E-state index in [1.165, 1.54) is 6.92 Å². The van der Waals surface area contributed by atoms with Gasteiger partial charge in [-0.25, -0.2) is 0 Å². The third kappa shape index (κ3) is 6.74. The van der Waals surface area contributed by atoms with E-state index in [1.807, 2.05) is 0 Å². The van der Waals surface area contributed by atoms with Crippen molar-refractivity contribution in [1.29, 1.82) is 0 Å². The molecule has 1 N–H and O–H groups in total. The summed E-state index contributed by atoms with van der Waals surface area (Å²) >= 11 is 0.993. The van der Waals surface area contributed by atoms with Gasteiger partial charge in [-0.1, -0.05) is 11.8 Å². The van der Waals surface area contributed by atoms with Crippen LogP contribution in [0.25, 0.3) is 0 Å². The lowest BCUT2D eigenvalue weighted by molar-refractivity contribution is -0.238. The van der Waals surface area contributed by atoms with Crippen LogP contribution in [0.5, 0.6) is 0 Å². The molecule has 14 heteroatoms. The van der Waals surface area contributed by atoms with Crippen LogP contribution in [0.4, 0.5) is 4.39 Å². The number of amides is 1. The first-order valence-electron chi connectivity index (χ1n) is 9.67. The van der Waals surface area contributed by atoms with Crippen LogP contribution in [0.1, 0.15) is 33.9 Å². The number of hydrogen-bond acceptors (Lipinski definition) is 11. The number of nitrogens with one attached hydrogen (secondary N) is 1. The van der Waals surface area contributed by atoms with Crippen molar-refractivity contribution in [2.75, 3.05) is 12.9 Å². The second-order valence-corrected chi connectivity index (χ2v) is 7.80. The lowest BCUT2D eigenvalue weighted by Crippen LogP contribution is -2.64. The highest BCUT2D eigenvalue weighted by molar-refractivity contribution is 7.98. The Morgan fingerprint density at radius 2 is 1.73 bits per heavy atom. The molecule has 1 saturated heterocycles. The number of esters is 3. The first-order chi connectivity index (χ1) is 15.4. The molecule has 0 bridgehead atoms. The van der Waals surface area contributed by atoms with Gasteiger partial charge in [-0.05, 0) is 6.26 Å². The van der Waals surface area contributed by atoms with Gasteiger partial charge in [0.15, 0.2) is 23.6 Å². The average Bonchev–Trinajstić information content (AvgIpc) is 2.70. The maximum absolute atomic E-state index is 14.2. The van der Waals surface area contributed by atoms with Gasteiger partial charge in [0.2, 0.25) is 11.7 Å². The lowest BCUT2D eigenvalue weighted by Gasteiger charge is -2.46. The summed E-state index contributed by atoms with van der Waals surface area (Å²) in [4.78, 5) is 62.4. The first-order valence-corrected chi connectivity index (χ1v) is 10.9. The van der Waals surface area contributed by atoms with Crippen LogP contribution in [-0.2, 0) is 38.1 Å². The SMILES string of the molecule is CSc1nc(=O)c(F)cn1[C@@H]1O[C@H](COC(C)=O)[C@@H](OC(C)=O)[C@H](OC(C)=O)[C@H]1NC(C)=O. The highest BCUT2D eigenvalue weighted by atomic mass is 32.2. The highest BCUT2D eigenvalue weighted by Gasteiger charge is 2.51. The molecule has 33 heavy (non-hydrogen) atoms. The van der Waals surface area contributed by atoms with E-state index in [0.29, 0.717) is 0 Å². The first kappa shape index (κ1) is 26.3. The van der Waals surface area contributed by atoms with E-state index in [1.54, 1.807) is 6.26 Å². The van der Waals surface area contributed by atoms with E-state index in [4.69, 9.17) is 18.9 Å². The molecule has 182 valence electrons. The third-order valence-corrected chi connectivity index (χ3v) is 5.09. The Hall–Kier alpha value is -3.00. The molecule has 1 aliphatic rings. The van der Waals surface area contributed by atoms with Gasteiger partial charge in [-0.15, -0.1) is 0 Å². The van der Waals surface area contributed by atoms with Gasteiger partial charge in [-0.2, -0.15) is 9.37 Å². The molecule has 12 nitrogen and oxygen atoms in total. The molecule has 2 rings (SSSR count). The summed E-state index contributed by atoms with van der Waals surface area (Å²) in [5.74, 6) is -3.94. The van der Waals surface area contributed by atoms with Crippen molar-refractivity contribution < 1.29 is 42.5 Å². The number of nitrogens with zero attached hydrogens (tertiary/aromatic N) is 2. The Kier molecular flexibility index (Phi) is 8.93. The largest absolute Gasteiger partial charge is 0.463 e. The van der Waals surface area contributed by atoms with Crippen molar-refractivity contribution in [1.82, 2.24) is 14.9 Å². The van der Waals surface area contributed by atoms with Crippen molar-refractivity contribution in [2.45, 2.75) is 63.4 Å². The zero-order chi connectivity index (χ0) is 24.9. The molecule has 0 aromatic carbocycles. The van der Waals surface area contributed by atoms with Crippen molar-refractivity contribution >= 4 is 35.6 Å². The van der Waals surface area contributed by atoms with Gasteiger partial charge < -0.3 is 24.3 Å². The summed E-state index contributed by atoms with van der Waals surface area (Å²) in [6, 6.07) is -1.21. The third-order valence-electron chi connectivity index (χ3n) is 4.42. The predicted octanol–water partition coefficient (Wildman–Crippen LogP) is -0.0671. The molecule has 5 atom stereocenters. The Morgan fingerprint density at radius 3 is 2.24 bits per heavy atom. The predicted molar refractivity (Wildman–Crippen MR) is 109 cm³/mol. The Balaban J connectivity index is 2.67. The van der Waals surface area contributed by atoms with Crippen molar-refractivity contribution in [3.05, 3.63) is 22.4 Å². The minimum Gasteiger partial charge on any atom is -0.463 e. The minimum absolute atomic E-state index is 0.0282. The summed E-state index contributed by atoms with van der Waals surface area (Å²) in [5, 5.41) is 2.59. The number of hydrogen-bond donors (Lipinski definition) is 1. The molecule has 0 aliphatic carbocycles. The monoisotopic (exact) mass is 489 g/mol. The van der Waals surface area contributed by atoms with Gasteiger partial charge in [0.25, 0.3) is 0 Å². The van der Waals surface area contributed by atoms with Crippen molar-refractivity contribution in [3.8, 4) is 0 Å². The molecule has 2 heterocycles.